The van der Waals surface area contributed by atoms with Crippen molar-refractivity contribution in [1.82, 2.24) is 19.6 Å². The normalized spacial score (nSPS) is 16.7. The van der Waals surface area contributed by atoms with Gasteiger partial charge in [-0.05, 0) is 44.2 Å². The van der Waals surface area contributed by atoms with Crippen molar-refractivity contribution in [2.24, 2.45) is 0 Å². The highest BCUT2D eigenvalue weighted by molar-refractivity contribution is 5.94. The van der Waals surface area contributed by atoms with Crippen LogP contribution in [0.1, 0.15) is 40.4 Å². The van der Waals surface area contributed by atoms with E-state index in [9.17, 15) is 9.59 Å². The van der Waals surface area contributed by atoms with Crippen molar-refractivity contribution in [1.29, 1.82) is 0 Å². The first-order valence-corrected chi connectivity index (χ1v) is 10.0. The minimum Gasteiger partial charge on any atom is -0.491 e. The Morgan fingerprint density at radius 3 is 2.41 bits per heavy atom. The van der Waals surface area contributed by atoms with E-state index < -0.39 is 0 Å². The van der Waals surface area contributed by atoms with Crippen molar-refractivity contribution < 1.29 is 19.1 Å². The van der Waals surface area contributed by atoms with Crippen molar-refractivity contribution in [3.63, 3.8) is 0 Å². The van der Waals surface area contributed by atoms with E-state index in [4.69, 9.17) is 9.47 Å². The second kappa shape index (κ2) is 8.24. The Labute approximate surface area is 170 Å². The number of carbonyl (C=O) groups is 2. The van der Waals surface area contributed by atoms with Crippen LogP contribution in [0.2, 0.25) is 0 Å². The van der Waals surface area contributed by atoms with E-state index in [1.54, 1.807) is 28.0 Å². The third-order valence-corrected chi connectivity index (χ3v) is 5.08. The number of carbonyl (C=O) groups excluding carboxylic acids is 2. The molecule has 1 fully saturated rings. The summed E-state index contributed by atoms with van der Waals surface area (Å²) in [5, 5.41) is 4.46. The molecule has 1 saturated heterocycles. The zero-order chi connectivity index (χ0) is 20.4. The van der Waals surface area contributed by atoms with Gasteiger partial charge in [0.05, 0.1) is 38.1 Å². The molecule has 0 spiro atoms. The molecule has 2 aliphatic rings. The van der Waals surface area contributed by atoms with Gasteiger partial charge in [-0.15, -0.1) is 0 Å². The first kappa shape index (κ1) is 19.4. The Balaban J connectivity index is 1.43. The van der Waals surface area contributed by atoms with Gasteiger partial charge in [0.15, 0.2) is 5.69 Å². The van der Waals surface area contributed by atoms with E-state index in [2.05, 4.69) is 5.10 Å². The molecule has 8 nitrogen and oxygen atoms in total. The Kier molecular flexibility index (Phi) is 5.53. The van der Waals surface area contributed by atoms with Crippen LogP contribution in [0.5, 0.6) is 5.75 Å². The maximum Gasteiger partial charge on any atom is 0.274 e. The second-order valence-electron chi connectivity index (χ2n) is 7.57. The highest BCUT2D eigenvalue weighted by Gasteiger charge is 2.27. The number of hydrogen-bond donors (Lipinski definition) is 0. The number of nitrogens with zero attached hydrogens (tertiary/aromatic N) is 4. The number of morpholine rings is 1. The van der Waals surface area contributed by atoms with Crippen LogP contribution in [0, 0.1) is 0 Å². The zero-order valence-electron chi connectivity index (χ0n) is 16.8. The Hall–Kier alpha value is -2.87. The minimum atomic E-state index is -0.0752. The molecule has 154 valence electrons. The fourth-order valence-corrected chi connectivity index (χ4v) is 3.60. The number of aromatic nitrogens is 2. The molecule has 0 atom stereocenters. The van der Waals surface area contributed by atoms with Crippen LogP contribution in [0.15, 0.2) is 30.3 Å². The van der Waals surface area contributed by atoms with Crippen molar-refractivity contribution in [2.75, 3.05) is 32.8 Å². The van der Waals surface area contributed by atoms with Crippen LogP contribution in [-0.4, -0.2) is 70.3 Å². The van der Waals surface area contributed by atoms with Crippen LogP contribution in [0.4, 0.5) is 0 Å². The van der Waals surface area contributed by atoms with Gasteiger partial charge in [0.25, 0.3) is 11.8 Å². The van der Waals surface area contributed by atoms with Crippen LogP contribution in [-0.2, 0) is 17.8 Å². The number of hydrogen-bond acceptors (Lipinski definition) is 5. The summed E-state index contributed by atoms with van der Waals surface area (Å²) >= 11 is 0. The summed E-state index contributed by atoms with van der Waals surface area (Å²) in [5.74, 6) is 0.642. The van der Waals surface area contributed by atoms with Crippen LogP contribution >= 0.6 is 0 Å². The molecule has 2 aliphatic heterocycles. The number of benzene rings is 1. The molecule has 0 bridgehead atoms. The molecule has 29 heavy (non-hydrogen) atoms. The standard InChI is InChI=1S/C21H26N4O4/c1-15(2)29-18-5-3-16(4-6-18)20(26)24-7-8-25-17(14-24)13-19(22-25)21(27)23-9-11-28-12-10-23/h3-6,13,15H,7-12,14H2,1-2H3. The molecule has 0 saturated carbocycles. The summed E-state index contributed by atoms with van der Waals surface area (Å²) in [7, 11) is 0. The molecular formula is C21H26N4O4. The summed E-state index contributed by atoms with van der Waals surface area (Å²) in [5.41, 5.74) is 1.94. The molecule has 1 aromatic heterocycles. The van der Waals surface area contributed by atoms with Gasteiger partial charge >= 0.3 is 0 Å². The fourth-order valence-electron chi connectivity index (χ4n) is 3.60. The molecule has 8 heteroatoms. The lowest BCUT2D eigenvalue weighted by Crippen LogP contribution is -2.41. The van der Waals surface area contributed by atoms with Gasteiger partial charge < -0.3 is 19.3 Å². The topological polar surface area (TPSA) is 76.9 Å². The largest absolute Gasteiger partial charge is 0.491 e. The van der Waals surface area contributed by atoms with Crippen molar-refractivity contribution in [3.8, 4) is 5.75 Å². The minimum absolute atomic E-state index is 0.0328. The molecule has 2 amide bonds. The van der Waals surface area contributed by atoms with Crippen molar-refractivity contribution in [3.05, 3.63) is 47.3 Å². The van der Waals surface area contributed by atoms with Crippen molar-refractivity contribution >= 4 is 11.8 Å². The quantitative estimate of drug-likeness (QED) is 0.785. The van der Waals surface area contributed by atoms with Gasteiger partial charge in [-0.25, -0.2) is 0 Å². The first-order valence-electron chi connectivity index (χ1n) is 10.0. The highest BCUT2D eigenvalue weighted by Crippen LogP contribution is 2.20. The van der Waals surface area contributed by atoms with Crippen LogP contribution in [0.25, 0.3) is 0 Å². The van der Waals surface area contributed by atoms with Crippen LogP contribution in [0.3, 0.4) is 0 Å². The van der Waals surface area contributed by atoms with E-state index in [-0.39, 0.29) is 17.9 Å². The molecule has 4 rings (SSSR count). The van der Waals surface area contributed by atoms with Gasteiger partial charge in [0.1, 0.15) is 5.75 Å². The summed E-state index contributed by atoms with van der Waals surface area (Å²) in [6.45, 7) is 7.79. The molecule has 0 aliphatic carbocycles. The maximum absolute atomic E-state index is 12.9. The predicted octanol–water partition coefficient (Wildman–Crippen LogP) is 1.80. The van der Waals surface area contributed by atoms with E-state index >= 15 is 0 Å². The molecule has 2 aromatic rings. The summed E-state index contributed by atoms with van der Waals surface area (Å²) in [6, 6.07) is 9.02. The summed E-state index contributed by atoms with van der Waals surface area (Å²) in [4.78, 5) is 29.1. The maximum atomic E-state index is 12.9. The molecule has 0 N–H and O–H groups in total. The Morgan fingerprint density at radius 2 is 1.72 bits per heavy atom. The summed E-state index contributed by atoms with van der Waals surface area (Å²) in [6.07, 6.45) is 0.0910. The predicted molar refractivity (Wildman–Crippen MR) is 106 cm³/mol. The highest BCUT2D eigenvalue weighted by atomic mass is 16.5. The number of rotatable bonds is 4. The third kappa shape index (κ3) is 4.27. The SMILES string of the molecule is CC(C)Oc1ccc(C(=O)N2CCn3nc(C(=O)N4CCOCC4)cc3C2)cc1. The van der Waals surface area contributed by atoms with Crippen LogP contribution < -0.4 is 4.74 Å². The van der Waals surface area contributed by atoms with Gasteiger partial charge in [0, 0.05) is 25.2 Å². The molecule has 0 unspecified atom stereocenters. The average Bonchev–Trinajstić information content (AvgIpc) is 3.17. The average molecular weight is 398 g/mol. The lowest BCUT2D eigenvalue weighted by Gasteiger charge is -2.27. The monoisotopic (exact) mass is 398 g/mol. The van der Waals surface area contributed by atoms with Gasteiger partial charge in [-0.3, -0.25) is 14.3 Å². The third-order valence-electron chi connectivity index (χ3n) is 5.08. The lowest BCUT2D eigenvalue weighted by molar-refractivity contribution is 0.0298. The van der Waals surface area contributed by atoms with E-state index in [0.717, 1.165) is 11.4 Å². The van der Waals surface area contributed by atoms with Crippen molar-refractivity contribution in [2.45, 2.75) is 33.0 Å². The fraction of sp³-hybridized carbons (Fsp3) is 0.476. The van der Waals surface area contributed by atoms with E-state index in [1.165, 1.54) is 0 Å². The Bertz CT molecular complexity index is 885. The number of ether oxygens (including phenoxy) is 2. The Morgan fingerprint density at radius 1 is 1.00 bits per heavy atom. The first-order chi connectivity index (χ1) is 14.0. The number of amides is 2. The second-order valence-corrected chi connectivity index (χ2v) is 7.57. The van der Waals surface area contributed by atoms with E-state index in [0.29, 0.717) is 57.2 Å². The molecule has 3 heterocycles. The van der Waals surface area contributed by atoms with E-state index in [1.807, 2.05) is 30.7 Å². The van der Waals surface area contributed by atoms with Gasteiger partial charge in [0.2, 0.25) is 0 Å². The zero-order valence-corrected chi connectivity index (χ0v) is 16.8. The molecule has 0 radical (unpaired) electrons. The molecule has 1 aromatic carbocycles. The molecular weight excluding hydrogens is 372 g/mol. The summed E-state index contributed by atoms with van der Waals surface area (Å²) < 4.78 is 12.8. The lowest BCUT2D eigenvalue weighted by atomic mass is 10.1. The number of fused-ring (bicyclic) bond motifs is 1. The van der Waals surface area contributed by atoms with Gasteiger partial charge in [-0.2, -0.15) is 5.10 Å². The smallest absolute Gasteiger partial charge is 0.274 e. The van der Waals surface area contributed by atoms with Gasteiger partial charge in [-0.1, -0.05) is 0 Å².